The molecule has 0 aliphatic rings. The Bertz CT molecular complexity index is 867. The molecular formula is C18H22N6OS. The summed E-state index contributed by atoms with van der Waals surface area (Å²) >= 11 is 1.68. The topological polar surface area (TPSA) is 94.7 Å². The molecule has 0 saturated heterocycles. The molecule has 0 bridgehead atoms. The molecule has 7 nitrogen and oxygen atoms in total. The van der Waals surface area contributed by atoms with E-state index in [2.05, 4.69) is 31.1 Å². The summed E-state index contributed by atoms with van der Waals surface area (Å²) in [6, 6.07) is 11.3. The molecule has 0 fully saturated rings. The first-order valence-corrected chi connectivity index (χ1v) is 9.80. The van der Waals surface area contributed by atoms with Crippen molar-refractivity contribution in [1.82, 2.24) is 20.5 Å². The Morgan fingerprint density at radius 2 is 2.12 bits per heavy atom. The number of rotatable bonds is 7. The number of nitrogens with zero attached hydrogens (tertiary/aromatic N) is 2. The molecular weight excluding hydrogens is 348 g/mol. The second-order valence-electron chi connectivity index (χ2n) is 5.73. The van der Waals surface area contributed by atoms with E-state index >= 15 is 0 Å². The van der Waals surface area contributed by atoms with Gasteiger partial charge in [0.1, 0.15) is 5.82 Å². The van der Waals surface area contributed by atoms with Gasteiger partial charge in [-0.25, -0.2) is 9.78 Å². The highest BCUT2D eigenvalue weighted by molar-refractivity contribution is 7.98. The van der Waals surface area contributed by atoms with Gasteiger partial charge in [0.05, 0.1) is 16.9 Å². The van der Waals surface area contributed by atoms with E-state index in [0.717, 1.165) is 34.6 Å². The fourth-order valence-electron chi connectivity index (χ4n) is 2.67. The molecule has 2 amide bonds. The number of amides is 2. The van der Waals surface area contributed by atoms with Gasteiger partial charge in [-0.2, -0.15) is 16.9 Å². The molecule has 2 heterocycles. The maximum absolute atomic E-state index is 12.4. The SMILES string of the molecule is CCNc1n[nH]c2cc(NC(=O)N[C@H](CSC)c3ccccc3)ncc12. The normalized spacial score (nSPS) is 11.9. The molecule has 1 aromatic carbocycles. The molecule has 4 N–H and O–H groups in total. The zero-order valence-corrected chi connectivity index (χ0v) is 15.6. The lowest BCUT2D eigenvalue weighted by molar-refractivity contribution is 0.249. The van der Waals surface area contributed by atoms with Crippen LogP contribution in [0.2, 0.25) is 0 Å². The van der Waals surface area contributed by atoms with Gasteiger partial charge in [-0.3, -0.25) is 10.4 Å². The highest BCUT2D eigenvalue weighted by Gasteiger charge is 2.15. The van der Waals surface area contributed by atoms with Crippen LogP contribution in [0.5, 0.6) is 0 Å². The van der Waals surface area contributed by atoms with Gasteiger partial charge < -0.3 is 10.6 Å². The lowest BCUT2D eigenvalue weighted by Gasteiger charge is -2.18. The van der Waals surface area contributed by atoms with E-state index in [1.165, 1.54) is 0 Å². The van der Waals surface area contributed by atoms with Crippen LogP contribution >= 0.6 is 11.8 Å². The van der Waals surface area contributed by atoms with Gasteiger partial charge in [-0.15, -0.1) is 0 Å². The number of carbonyl (C=O) groups is 1. The van der Waals surface area contributed by atoms with Crippen molar-refractivity contribution in [1.29, 1.82) is 0 Å². The first-order valence-electron chi connectivity index (χ1n) is 8.40. The minimum absolute atomic E-state index is 0.0672. The van der Waals surface area contributed by atoms with Crippen molar-refractivity contribution in [3.05, 3.63) is 48.2 Å². The van der Waals surface area contributed by atoms with Crippen LogP contribution in [0, 0.1) is 0 Å². The Morgan fingerprint density at radius 3 is 2.85 bits per heavy atom. The molecule has 0 spiro atoms. The molecule has 136 valence electrons. The number of H-pyrrole nitrogens is 1. The van der Waals surface area contributed by atoms with E-state index in [9.17, 15) is 4.79 Å². The van der Waals surface area contributed by atoms with Gasteiger partial charge in [0.2, 0.25) is 0 Å². The zero-order chi connectivity index (χ0) is 18.4. The molecule has 0 aliphatic carbocycles. The molecule has 0 radical (unpaired) electrons. The Labute approximate surface area is 156 Å². The molecule has 0 unspecified atom stereocenters. The smallest absolute Gasteiger partial charge is 0.320 e. The lowest BCUT2D eigenvalue weighted by Crippen LogP contribution is -2.34. The summed E-state index contributed by atoms with van der Waals surface area (Å²) < 4.78 is 0. The Kier molecular flexibility index (Phi) is 5.96. The van der Waals surface area contributed by atoms with Gasteiger partial charge in [0.25, 0.3) is 0 Å². The number of benzene rings is 1. The first-order chi connectivity index (χ1) is 12.7. The summed E-state index contributed by atoms with van der Waals surface area (Å²) in [6.45, 7) is 2.78. The highest BCUT2D eigenvalue weighted by atomic mass is 32.2. The average Bonchev–Trinajstić information content (AvgIpc) is 3.05. The van der Waals surface area contributed by atoms with Crippen molar-refractivity contribution in [3.63, 3.8) is 0 Å². The molecule has 0 aliphatic heterocycles. The third-order valence-electron chi connectivity index (χ3n) is 3.87. The van der Waals surface area contributed by atoms with E-state index < -0.39 is 0 Å². The second kappa shape index (κ2) is 8.57. The van der Waals surface area contributed by atoms with E-state index in [4.69, 9.17) is 0 Å². The summed E-state index contributed by atoms with van der Waals surface area (Å²) in [5, 5.41) is 17.0. The molecule has 8 heteroatoms. The number of aromatic nitrogens is 3. The first kappa shape index (κ1) is 18.1. The number of pyridine rings is 1. The zero-order valence-electron chi connectivity index (χ0n) is 14.7. The largest absolute Gasteiger partial charge is 0.368 e. The number of hydrogen-bond donors (Lipinski definition) is 4. The van der Waals surface area contributed by atoms with E-state index in [1.54, 1.807) is 24.0 Å². The van der Waals surface area contributed by atoms with Crippen LogP contribution in [0.15, 0.2) is 42.6 Å². The van der Waals surface area contributed by atoms with Crippen LogP contribution in [-0.4, -0.2) is 39.8 Å². The third kappa shape index (κ3) is 4.26. The summed E-state index contributed by atoms with van der Waals surface area (Å²) in [6.07, 6.45) is 3.72. The van der Waals surface area contributed by atoms with Gasteiger partial charge in [-0.05, 0) is 18.7 Å². The molecule has 2 aromatic heterocycles. The van der Waals surface area contributed by atoms with Crippen LogP contribution in [0.1, 0.15) is 18.5 Å². The molecule has 3 rings (SSSR count). The number of aromatic amines is 1. The number of hydrogen-bond acceptors (Lipinski definition) is 5. The minimum Gasteiger partial charge on any atom is -0.368 e. The van der Waals surface area contributed by atoms with Crippen molar-refractivity contribution >= 4 is 40.3 Å². The number of carbonyl (C=O) groups excluding carboxylic acids is 1. The number of anilines is 2. The third-order valence-corrected chi connectivity index (χ3v) is 4.54. The number of urea groups is 1. The van der Waals surface area contributed by atoms with Gasteiger partial charge in [0.15, 0.2) is 5.82 Å². The fraction of sp³-hybridized carbons (Fsp3) is 0.278. The van der Waals surface area contributed by atoms with Crippen molar-refractivity contribution in [2.45, 2.75) is 13.0 Å². The van der Waals surface area contributed by atoms with Gasteiger partial charge in [0, 0.05) is 24.6 Å². The molecule has 1 atom stereocenters. The van der Waals surface area contributed by atoms with Crippen molar-refractivity contribution < 1.29 is 4.79 Å². The van der Waals surface area contributed by atoms with Crippen molar-refractivity contribution in [2.75, 3.05) is 29.2 Å². The standard InChI is InChI=1S/C18H22N6OS/c1-3-19-17-13-10-20-16(9-14(13)23-24-17)22-18(25)21-15(11-26-2)12-7-5-4-6-8-12/h4-10,15H,3,11H2,1-2H3,(H2,19,23,24)(H2,20,21,22,25)/t15-/m1/s1. The van der Waals surface area contributed by atoms with Gasteiger partial charge >= 0.3 is 6.03 Å². The number of fused-ring (bicyclic) bond motifs is 1. The summed E-state index contributed by atoms with van der Waals surface area (Å²) in [5.74, 6) is 2.02. The van der Waals surface area contributed by atoms with Crippen LogP contribution < -0.4 is 16.0 Å². The quantitative estimate of drug-likeness (QED) is 0.510. The monoisotopic (exact) mass is 370 g/mol. The Balaban J connectivity index is 1.69. The number of nitrogens with one attached hydrogen (secondary N) is 4. The van der Waals surface area contributed by atoms with Crippen LogP contribution in [0.3, 0.4) is 0 Å². The van der Waals surface area contributed by atoms with E-state index in [0.29, 0.717) is 5.82 Å². The van der Waals surface area contributed by atoms with Crippen LogP contribution in [0.4, 0.5) is 16.4 Å². The Morgan fingerprint density at radius 1 is 1.31 bits per heavy atom. The predicted molar refractivity (Wildman–Crippen MR) is 108 cm³/mol. The molecule has 0 saturated carbocycles. The van der Waals surface area contributed by atoms with Crippen molar-refractivity contribution in [2.24, 2.45) is 0 Å². The second-order valence-corrected chi connectivity index (χ2v) is 6.65. The van der Waals surface area contributed by atoms with Crippen LogP contribution in [0.25, 0.3) is 10.9 Å². The summed E-state index contributed by atoms with van der Waals surface area (Å²) in [5.41, 5.74) is 1.89. The van der Waals surface area contributed by atoms with Crippen LogP contribution in [-0.2, 0) is 0 Å². The molecule has 26 heavy (non-hydrogen) atoms. The van der Waals surface area contributed by atoms with E-state index in [-0.39, 0.29) is 12.1 Å². The molecule has 3 aromatic rings. The summed E-state index contributed by atoms with van der Waals surface area (Å²) in [4.78, 5) is 16.7. The summed E-state index contributed by atoms with van der Waals surface area (Å²) in [7, 11) is 0. The average molecular weight is 370 g/mol. The predicted octanol–water partition coefficient (Wildman–Crippen LogP) is 3.62. The maximum Gasteiger partial charge on any atom is 0.320 e. The fourth-order valence-corrected chi connectivity index (χ4v) is 3.28. The van der Waals surface area contributed by atoms with E-state index in [1.807, 2.05) is 43.5 Å². The Hall–Kier alpha value is -2.74. The van der Waals surface area contributed by atoms with Crippen molar-refractivity contribution in [3.8, 4) is 0 Å². The minimum atomic E-state index is -0.286. The number of thioether (sulfide) groups is 1. The lowest BCUT2D eigenvalue weighted by atomic mass is 10.1. The highest BCUT2D eigenvalue weighted by Crippen LogP contribution is 2.22. The maximum atomic E-state index is 12.4. The van der Waals surface area contributed by atoms with Gasteiger partial charge in [-0.1, -0.05) is 30.3 Å².